The molecule has 1 aliphatic heterocycles. The van der Waals surface area contributed by atoms with E-state index in [1.165, 1.54) is 0 Å². The fraction of sp³-hybridized carbons (Fsp3) is 0.217. The van der Waals surface area contributed by atoms with Crippen molar-refractivity contribution in [1.82, 2.24) is 20.0 Å². The Morgan fingerprint density at radius 2 is 1.67 bits per heavy atom. The molecule has 1 atom stereocenters. The summed E-state index contributed by atoms with van der Waals surface area (Å²) in [5.74, 6) is -1.14. The van der Waals surface area contributed by atoms with E-state index in [0.29, 0.717) is 30.8 Å². The number of carbonyl (C=O) groups excluding carboxylic acids is 3. The summed E-state index contributed by atoms with van der Waals surface area (Å²) in [5, 5.41) is 6.78. The van der Waals surface area contributed by atoms with Crippen LogP contribution in [0.2, 0.25) is 0 Å². The van der Waals surface area contributed by atoms with Crippen LogP contribution in [0.3, 0.4) is 0 Å². The van der Waals surface area contributed by atoms with E-state index in [9.17, 15) is 14.4 Å². The number of piperazine rings is 1. The molecule has 1 aromatic heterocycles. The van der Waals surface area contributed by atoms with Gasteiger partial charge < -0.3 is 9.80 Å². The predicted octanol–water partition coefficient (Wildman–Crippen LogP) is 2.63. The summed E-state index contributed by atoms with van der Waals surface area (Å²) in [6.45, 7) is 2.98. The van der Waals surface area contributed by atoms with Crippen LogP contribution in [-0.2, 0) is 4.79 Å². The monoisotopic (exact) mass is 402 g/mol. The van der Waals surface area contributed by atoms with Crippen LogP contribution >= 0.6 is 0 Å². The molecule has 4 rings (SSSR count). The third-order valence-electron chi connectivity index (χ3n) is 5.35. The number of aromatic nitrogens is 2. The molecule has 0 bridgehead atoms. The molecule has 0 saturated carbocycles. The molecule has 1 fully saturated rings. The largest absolute Gasteiger partial charge is 0.335 e. The molecule has 2 amide bonds. The minimum absolute atomic E-state index is 0.0599. The van der Waals surface area contributed by atoms with Gasteiger partial charge in [0.05, 0.1) is 5.69 Å². The van der Waals surface area contributed by atoms with Gasteiger partial charge in [0.25, 0.3) is 11.8 Å². The Labute approximate surface area is 174 Å². The number of carbonyl (C=O) groups is 3. The van der Waals surface area contributed by atoms with Gasteiger partial charge in [0.15, 0.2) is 0 Å². The maximum atomic E-state index is 12.8. The van der Waals surface area contributed by atoms with Crippen molar-refractivity contribution in [1.29, 1.82) is 0 Å². The number of H-pyrrole nitrogens is 1. The van der Waals surface area contributed by atoms with Gasteiger partial charge in [-0.05, 0) is 30.7 Å². The lowest BCUT2D eigenvalue weighted by Gasteiger charge is -2.39. The van der Waals surface area contributed by atoms with E-state index < -0.39 is 11.7 Å². The van der Waals surface area contributed by atoms with E-state index in [2.05, 4.69) is 10.2 Å². The van der Waals surface area contributed by atoms with Gasteiger partial charge in [-0.25, -0.2) is 0 Å². The minimum atomic E-state index is -0.541. The summed E-state index contributed by atoms with van der Waals surface area (Å²) in [5.41, 5.74) is 2.70. The number of nitrogens with zero attached hydrogens (tertiary/aromatic N) is 3. The highest BCUT2D eigenvalue weighted by molar-refractivity contribution is 6.42. The van der Waals surface area contributed by atoms with Crippen molar-refractivity contribution in [2.45, 2.75) is 13.0 Å². The van der Waals surface area contributed by atoms with Crippen LogP contribution in [0, 0.1) is 0 Å². The van der Waals surface area contributed by atoms with Gasteiger partial charge in [0.1, 0.15) is 0 Å². The van der Waals surface area contributed by atoms with Crippen LogP contribution in [0.1, 0.15) is 27.6 Å². The van der Waals surface area contributed by atoms with Crippen LogP contribution in [0.15, 0.2) is 66.9 Å². The summed E-state index contributed by atoms with van der Waals surface area (Å²) >= 11 is 0. The maximum absolute atomic E-state index is 12.8. The highest BCUT2D eigenvalue weighted by atomic mass is 16.2. The van der Waals surface area contributed by atoms with Gasteiger partial charge in [-0.15, -0.1) is 0 Å². The smallest absolute Gasteiger partial charge is 0.295 e. The second-order valence-electron chi connectivity index (χ2n) is 7.34. The van der Waals surface area contributed by atoms with Crippen molar-refractivity contribution in [3.63, 3.8) is 0 Å². The van der Waals surface area contributed by atoms with Crippen LogP contribution in [0.25, 0.3) is 11.3 Å². The van der Waals surface area contributed by atoms with Crippen LogP contribution in [0.5, 0.6) is 0 Å². The van der Waals surface area contributed by atoms with Crippen LogP contribution in [-0.4, -0.2) is 63.3 Å². The fourth-order valence-corrected chi connectivity index (χ4v) is 3.68. The lowest BCUT2D eigenvalue weighted by Crippen LogP contribution is -2.56. The van der Waals surface area contributed by atoms with E-state index in [4.69, 9.17) is 0 Å². The maximum Gasteiger partial charge on any atom is 0.295 e. The summed E-state index contributed by atoms with van der Waals surface area (Å²) in [6.07, 6.45) is 1.65. The molecule has 2 aromatic carbocycles. The Bertz CT molecular complexity index is 1050. The van der Waals surface area contributed by atoms with Crippen molar-refractivity contribution in [3.8, 4) is 11.3 Å². The molecule has 1 aliphatic rings. The first-order chi connectivity index (χ1) is 14.5. The number of hydrogen-bond acceptors (Lipinski definition) is 4. The van der Waals surface area contributed by atoms with Crippen molar-refractivity contribution in [2.75, 3.05) is 19.6 Å². The predicted molar refractivity (Wildman–Crippen MR) is 112 cm³/mol. The Kier molecular flexibility index (Phi) is 5.43. The normalized spacial score (nSPS) is 16.4. The summed E-state index contributed by atoms with van der Waals surface area (Å²) in [4.78, 5) is 41.5. The van der Waals surface area contributed by atoms with E-state index in [0.717, 1.165) is 11.3 Å². The number of ketones is 1. The number of rotatable bonds is 4. The SMILES string of the molecule is C[C@@H]1CN(C(=O)c2ccccc2)CCN1C(=O)C(=O)c1ccc(-c2ccn[nH]2)cc1. The summed E-state index contributed by atoms with van der Waals surface area (Å²) < 4.78 is 0. The van der Waals surface area contributed by atoms with Gasteiger partial charge in [0, 0.05) is 43.0 Å². The number of aromatic amines is 1. The lowest BCUT2D eigenvalue weighted by molar-refractivity contribution is -0.130. The molecule has 7 heteroatoms. The van der Waals surface area contributed by atoms with Crippen molar-refractivity contribution in [2.24, 2.45) is 0 Å². The first kappa shape index (κ1) is 19.6. The minimum Gasteiger partial charge on any atom is -0.335 e. The average Bonchev–Trinajstić information content (AvgIpc) is 3.33. The molecule has 1 N–H and O–H groups in total. The van der Waals surface area contributed by atoms with Crippen molar-refractivity contribution in [3.05, 3.63) is 78.0 Å². The molecule has 1 saturated heterocycles. The number of nitrogens with one attached hydrogen (secondary N) is 1. The Morgan fingerprint density at radius 3 is 2.30 bits per heavy atom. The molecule has 7 nitrogen and oxygen atoms in total. The third-order valence-corrected chi connectivity index (χ3v) is 5.35. The zero-order valence-electron chi connectivity index (χ0n) is 16.6. The lowest BCUT2D eigenvalue weighted by atomic mass is 10.0. The van der Waals surface area contributed by atoms with E-state index in [1.807, 2.05) is 31.2 Å². The van der Waals surface area contributed by atoms with Gasteiger partial charge in [0.2, 0.25) is 5.78 Å². The van der Waals surface area contributed by atoms with Gasteiger partial charge >= 0.3 is 0 Å². The van der Waals surface area contributed by atoms with Crippen LogP contribution in [0.4, 0.5) is 0 Å². The molecular formula is C23H22N4O3. The molecule has 3 aromatic rings. The molecular weight excluding hydrogens is 380 g/mol. The van der Waals surface area contributed by atoms with Crippen molar-refractivity contribution >= 4 is 17.6 Å². The second kappa shape index (κ2) is 8.32. The zero-order chi connectivity index (χ0) is 21.1. The molecule has 0 spiro atoms. The number of benzene rings is 2. The number of amides is 2. The number of hydrogen-bond donors (Lipinski definition) is 1. The molecule has 30 heavy (non-hydrogen) atoms. The second-order valence-corrected chi connectivity index (χ2v) is 7.34. The Morgan fingerprint density at radius 1 is 0.933 bits per heavy atom. The molecule has 152 valence electrons. The molecule has 2 heterocycles. The van der Waals surface area contributed by atoms with E-state index in [-0.39, 0.29) is 11.9 Å². The number of Topliss-reactive ketones (excluding diaryl/α,β-unsaturated/α-hetero) is 1. The fourth-order valence-electron chi connectivity index (χ4n) is 3.68. The highest BCUT2D eigenvalue weighted by Crippen LogP contribution is 2.19. The standard InChI is InChI=1S/C23H22N4O3/c1-16-15-26(22(29)19-5-3-2-4-6-19)13-14-27(16)23(30)21(28)18-9-7-17(8-10-18)20-11-12-24-25-20/h2-12,16H,13-15H2,1H3,(H,24,25)/t16-/m1/s1. The van der Waals surface area contributed by atoms with Gasteiger partial charge in [-0.1, -0.05) is 42.5 Å². The Balaban J connectivity index is 1.41. The van der Waals surface area contributed by atoms with E-state index in [1.54, 1.807) is 52.4 Å². The molecule has 0 aliphatic carbocycles. The first-order valence-electron chi connectivity index (χ1n) is 9.84. The summed E-state index contributed by atoms with van der Waals surface area (Å²) in [6, 6.07) is 17.5. The first-order valence-corrected chi connectivity index (χ1v) is 9.84. The zero-order valence-corrected chi connectivity index (χ0v) is 16.6. The highest BCUT2D eigenvalue weighted by Gasteiger charge is 2.33. The summed E-state index contributed by atoms with van der Waals surface area (Å²) in [7, 11) is 0. The third kappa shape index (κ3) is 3.87. The van der Waals surface area contributed by atoms with Gasteiger partial charge in [-0.2, -0.15) is 5.10 Å². The molecule has 0 unspecified atom stereocenters. The quantitative estimate of drug-likeness (QED) is 0.537. The average molecular weight is 402 g/mol. The van der Waals surface area contributed by atoms with Crippen LogP contribution < -0.4 is 0 Å². The molecule has 0 radical (unpaired) electrons. The van der Waals surface area contributed by atoms with E-state index >= 15 is 0 Å². The topological polar surface area (TPSA) is 86.4 Å². The van der Waals surface area contributed by atoms with Gasteiger partial charge in [-0.3, -0.25) is 19.5 Å². The Hall–Kier alpha value is -3.74. The van der Waals surface area contributed by atoms with Crippen molar-refractivity contribution < 1.29 is 14.4 Å².